The van der Waals surface area contributed by atoms with Crippen molar-refractivity contribution in [3.63, 3.8) is 0 Å². The van der Waals surface area contributed by atoms with Gasteiger partial charge in [0.25, 0.3) is 5.56 Å². The molecule has 1 aliphatic heterocycles. The third-order valence-electron chi connectivity index (χ3n) is 5.95. The van der Waals surface area contributed by atoms with Crippen LogP contribution in [-0.2, 0) is 7.05 Å². The smallest absolute Gasteiger partial charge is 0.251 e. The molecule has 0 saturated heterocycles. The largest absolute Gasteiger partial charge is 0.371 e. The Morgan fingerprint density at radius 3 is 2.55 bits per heavy atom. The summed E-state index contributed by atoms with van der Waals surface area (Å²) in [6.45, 7) is 7.43. The van der Waals surface area contributed by atoms with Crippen LogP contribution in [0.3, 0.4) is 0 Å². The molecule has 33 heavy (non-hydrogen) atoms. The van der Waals surface area contributed by atoms with Crippen LogP contribution >= 0.6 is 0 Å². The normalized spacial score (nSPS) is 12.7. The summed E-state index contributed by atoms with van der Waals surface area (Å²) < 4.78 is 1.74. The monoisotopic (exact) mass is 440 g/mol. The molecule has 3 heterocycles. The third-order valence-corrected chi connectivity index (χ3v) is 5.95. The number of nitrogens with zero attached hydrogens (tertiary/aromatic N) is 5. The molecule has 7 heteroatoms. The zero-order valence-electron chi connectivity index (χ0n) is 19.7. The summed E-state index contributed by atoms with van der Waals surface area (Å²) in [7, 11) is 3.94. The molecule has 0 bridgehead atoms. The number of fused-ring (bicyclic) bond motifs is 2. The van der Waals surface area contributed by atoms with E-state index in [2.05, 4.69) is 45.1 Å². The molecule has 0 aliphatic carbocycles. The summed E-state index contributed by atoms with van der Waals surface area (Å²) in [5, 5.41) is 15.2. The molecule has 0 atom stereocenters. The molecule has 2 aromatic carbocycles. The van der Waals surface area contributed by atoms with Crippen LogP contribution in [0.15, 0.2) is 53.6 Å². The summed E-state index contributed by atoms with van der Waals surface area (Å²) in [6.07, 6.45) is 3.71. The van der Waals surface area contributed by atoms with Gasteiger partial charge in [0.15, 0.2) is 0 Å². The fourth-order valence-corrected chi connectivity index (χ4v) is 4.28. The number of pyridine rings is 1. The van der Waals surface area contributed by atoms with E-state index in [9.17, 15) is 10.1 Å². The van der Waals surface area contributed by atoms with Gasteiger partial charge >= 0.3 is 0 Å². The Morgan fingerprint density at radius 1 is 1.06 bits per heavy atom. The molecule has 0 radical (unpaired) electrons. The van der Waals surface area contributed by atoms with E-state index in [0.717, 1.165) is 52.2 Å². The second kappa shape index (κ2) is 8.83. The molecule has 0 saturated carbocycles. The molecule has 5 rings (SSSR count). The molecule has 7 nitrogen and oxygen atoms in total. The van der Waals surface area contributed by atoms with Crippen LogP contribution in [-0.4, -0.2) is 34.9 Å². The summed E-state index contributed by atoms with van der Waals surface area (Å²) in [6, 6.07) is 14.3. The minimum absolute atomic E-state index is 0.0729. The highest BCUT2D eigenvalue weighted by atomic mass is 16.1. The number of hydrogen-bond acceptors (Lipinski definition) is 5. The maximum absolute atomic E-state index is 12.1. The first kappa shape index (κ1) is 22.2. The Bertz CT molecular complexity index is 1430. The Kier molecular flexibility index (Phi) is 5.93. The van der Waals surface area contributed by atoms with Crippen LogP contribution < -0.4 is 15.4 Å². The van der Waals surface area contributed by atoms with Gasteiger partial charge in [-0.1, -0.05) is 19.9 Å². The summed E-state index contributed by atoms with van der Waals surface area (Å²) >= 11 is 0. The van der Waals surface area contributed by atoms with E-state index in [0.29, 0.717) is 11.1 Å². The number of aromatic nitrogens is 3. The van der Waals surface area contributed by atoms with Crippen LogP contribution in [0.1, 0.15) is 25.0 Å². The van der Waals surface area contributed by atoms with Crippen molar-refractivity contribution >= 4 is 28.0 Å². The van der Waals surface area contributed by atoms with E-state index in [1.807, 2.05) is 58.3 Å². The molecule has 0 unspecified atom stereocenters. The van der Waals surface area contributed by atoms with Crippen LogP contribution in [0.5, 0.6) is 0 Å². The first-order chi connectivity index (χ1) is 16.0. The summed E-state index contributed by atoms with van der Waals surface area (Å²) in [5.74, 6) is 0. The lowest BCUT2D eigenvalue weighted by Crippen LogP contribution is -2.36. The molecule has 1 N–H and O–H groups in total. The number of hydrogen-bond donors (Lipinski definition) is 1. The van der Waals surface area contributed by atoms with Crippen LogP contribution in [0.25, 0.3) is 22.0 Å². The number of rotatable bonds is 2. The van der Waals surface area contributed by atoms with Crippen LogP contribution in [0, 0.1) is 18.3 Å². The SMILES string of the molecule is CC.Cc1cc2c(N3CCN(C)c4cc(-c5cnn(C)c5)c(C#N)cc43)cccc2[nH]c1=O. The molecule has 1 aliphatic rings. The number of nitriles is 1. The van der Waals surface area contributed by atoms with Crippen molar-refractivity contribution in [3.8, 4) is 17.2 Å². The molecule has 168 valence electrons. The Labute approximate surface area is 193 Å². The molecule has 2 aromatic heterocycles. The highest BCUT2D eigenvalue weighted by molar-refractivity contribution is 5.97. The third kappa shape index (κ3) is 3.85. The predicted molar refractivity (Wildman–Crippen MR) is 134 cm³/mol. The fraction of sp³-hybridized carbons (Fsp3) is 0.269. The van der Waals surface area contributed by atoms with E-state index in [1.54, 1.807) is 10.9 Å². The average molecular weight is 441 g/mol. The predicted octanol–water partition coefficient (Wildman–Crippen LogP) is 4.72. The summed E-state index contributed by atoms with van der Waals surface area (Å²) in [5.41, 5.74) is 6.88. The van der Waals surface area contributed by atoms with Crippen molar-refractivity contribution in [3.05, 3.63) is 70.3 Å². The summed E-state index contributed by atoms with van der Waals surface area (Å²) in [4.78, 5) is 19.5. The second-order valence-corrected chi connectivity index (χ2v) is 7.99. The van der Waals surface area contributed by atoms with Crippen molar-refractivity contribution in [2.45, 2.75) is 20.8 Å². The quantitative estimate of drug-likeness (QED) is 0.488. The van der Waals surface area contributed by atoms with Gasteiger partial charge in [0.05, 0.1) is 40.4 Å². The van der Waals surface area contributed by atoms with Gasteiger partial charge in [-0.15, -0.1) is 0 Å². The van der Waals surface area contributed by atoms with Gasteiger partial charge < -0.3 is 14.8 Å². The van der Waals surface area contributed by atoms with Crippen LogP contribution in [0.2, 0.25) is 0 Å². The topological polar surface area (TPSA) is 81.0 Å². The number of nitrogens with one attached hydrogen (secondary N) is 1. The standard InChI is InChI=1S/C24H22N6O.C2H6/c1-15-9-19-20(27-24(15)31)5-4-6-21(19)30-8-7-28(2)22-11-18(16(12-25)10-23(22)30)17-13-26-29(3)14-17;1-2/h4-6,9-11,13-14H,7-8H2,1-3H3,(H,27,31);1-2H3. The van der Waals surface area contributed by atoms with E-state index < -0.39 is 0 Å². The van der Waals surface area contributed by atoms with Crippen molar-refractivity contribution < 1.29 is 0 Å². The van der Waals surface area contributed by atoms with Crippen molar-refractivity contribution in [1.29, 1.82) is 5.26 Å². The molecule has 4 aromatic rings. The minimum atomic E-state index is -0.0729. The number of aromatic amines is 1. The van der Waals surface area contributed by atoms with Crippen LogP contribution in [0.4, 0.5) is 17.1 Å². The minimum Gasteiger partial charge on any atom is -0.371 e. The molecule has 0 amide bonds. The zero-order chi connectivity index (χ0) is 23.7. The average Bonchev–Trinajstić information content (AvgIpc) is 3.26. The van der Waals surface area contributed by atoms with Crippen molar-refractivity contribution in [2.75, 3.05) is 29.9 Å². The van der Waals surface area contributed by atoms with Gasteiger partial charge in [0.2, 0.25) is 0 Å². The first-order valence-corrected chi connectivity index (χ1v) is 11.1. The second-order valence-electron chi connectivity index (χ2n) is 7.99. The number of benzene rings is 2. The lowest BCUT2D eigenvalue weighted by Gasteiger charge is -2.38. The zero-order valence-corrected chi connectivity index (χ0v) is 19.7. The molecular formula is C26H28N6O. The Morgan fingerprint density at radius 2 is 1.85 bits per heavy atom. The lowest BCUT2D eigenvalue weighted by atomic mass is 9.98. The Balaban J connectivity index is 0.00000126. The van der Waals surface area contributed by atoms with E-state index >= 15 is 0 Å². The van der Waals surface area contributed by atoms with Gasteiger partial charge in [-0.3, -0.25) is 9.48 Å². The van der Waals surface area contributed by atoms with E-state index in [-0.39, 0.29) is 5.56 Å². The number of aryl methyl sites for hydroxylation is 2. The van der Waals surface area contributed by atoms with Gasteiger partial charge in [-0.05, 0) is 37.3 Å². The van der Waals surface area contributed by atoms with E-state index in [4.69, 9.17) is 0 Å². The number of likely N-dealkylation sites (N-methyl/N-ethyl adjacent to an activating group) is 1. The molecule has 0 fully saturated rings. The van der Waals surface area contributed by atoms with Gasteiger partial charge in [0, 0.05) is 55.5 Å². The maximum atomic E-state index is 12.1. The lowest BCUT2D eigenvalue weighted by molar-refractivity contribution is 0.768. The van der Waals surface area contributed by atoms with Gasteiger partial charge in [-0.25, -0.2) is 0 Å². The molecule has 0 spiro atoms. The molecular weight excluding hydrogens is 412 g/mol. The Hall–Kier alpha value is -4.05. The highest BCUT2D eigenvalue weighted by Crippen LogP contribution is 2.43. The van der Waals surface area contributed by atoms with E-state index in [1.165, 1.54) is 0 Å². The highest BCUT2D eigenvalue weighted by Gasteiger charge is 2.25. The van der Waals surface area contributed by atoms with Crippen molar-refractivity contribution in [2.24, 2.45) is 7.05 Å². The number of anilines is 3. The van der Waals surface area contributed by atoms with Gasteiger partial charge in [0.1, 0.15) is 0 Å². The van der Waals surface area contributed by atoms with Gasteiger partial charge in [-0.2, -0.15) is 10.4 Å². The number of H-pyrrole nitrogens is 1. The fourth-order valence-electron chi connectivity index (χ4n) is 4.28. The maximum Gasteiger partial charge on any atom is 0.251 e. The first-order valence-electron chi connectivity index (χ1n) is 11.1. The van der Waals surface area contributed by atoms with Crippen molar-refractivity contribution in [1.82, 2.24) is 14.8 Å².